The van der Waals surface area contributed by atoms with Crippen LogP contribution in [-0.4, -0.2) is 106 Å². The molecule has 1 unspecified atom stereocenters. The van der Waals surface area contributed by atoms with Crippen molar-refractivity contribution in [3.05, 3.63) is 137 Å². The van der Waals surface area contributed by atoms with Crippen molar-refractivity contribution in [2.24, 2.45) is 0 Å². The summed E-state index contributed by atoms with van der Waals surface area (Å²) in [7, 11) is 0. The second kappa shape index (κ2) is 20.5. The number of fused-ring (bicyclic) bond motifs is 1. The summed E-state index contributed by atoms with van der Waals surface area (Å²) in [6.45, 7) is 10.6. The number of carbonyl (C=O) groups is 6. The van der Waals surface area contributed by atoms with Crippen LogP contribution in [0.5, 0.6) is 0 Å². The molecule has 4 aliphatic rings. The monoisotopic (exact) mass is 942 g/mol. The second-order valence-corrected chi connectivity index (χ2v) is 17.5. The Morgan fingerprint density at radius 1 is 0.952 bits per heavy atom. The van der Waals surface area contributed by atoms with Crippen LogP contribution >= 0.6 is 11.8 Å². The summed E-state index contributed by atoms with van der Waals surface area (Å²) in [5.41, 5.74) is 2.57. The number of nitrogens with zero attached hydrogens (tertiary/aromatic N) is 4. The number of ether oxygens (including phenoxy) is 3. The van der Waals surface area contributed by atoms with Crippen LogP contribution in [0.3, 0.4) is 0 Å². The number of allylic oxidation sites excluding steroid dienone is 1. The summed E-state index contributed by atoms with van der Waals surface area (Å²) in [6, 6.07) is 21.3. The third kappa shape index (κ3) is 11.4. The number of hydrogen-bond donors (Lipinski definition) is 2. The van der Waals surface area contributed by atoms with Crippen molar-refractivity contribution in [3.8, 4) is 0 Å². The third-order valence-electron chi connectivity index (χ3n) is 10.7. The van der Waals surface area contributed by atoms with Gasteiger partial charge in [-0.3, -0.25) is 19.3 Å². The first kappa shape index (κ1) is 46.6. The number of thioether (sulfide) groups is 1. The van der Waals surface area contributed by atoms with Crippen LogP contribution in [0.15, 0.2) is 121 Å². The summed E-state index contributed by atoms with van der Waals surface area (Å²) in [6.07, 6.45) is 5.88. The van der Waals surface area contributed by atoms with E-state index in [0.29, 0.717) is 50.2 Å². The van der Waals surface area contributed by atoms with E-state index in [4.69, 9.17) is 14.2 Å². The predicted octanol–water partition coefficient (Wildman–Crippen LogP) is 1.55. The smallest absolute Gasteiger partial charge is 0.410 e. The minimum absolute atomic E-state index is 0. The van der Waals surface area contributed by atoms with Gasteiger partial charge in [0.05, 0.1) is 0 Å². The van der Waals surface area contributed by atoms with Gasteiger partial charge in [-0.25, -0.2) is 14.4 Å². The van der Waals surface area contributed by atoms with Crippen molar-refractivity contribution in [2.75, 3.05) is 32.0 Å². The van der Waals surface area contributed by atoms with Crippen LogP contribution in [-0.2, 0) is 46.5 Å². The zero-order valence-corrected chi connectivity index (χ0v) is 37.8. The SMILES string of the molecule is C=CCOC(=O)N1CCC(NC(=O)C[n+]2ccc(CN3CC/C(=C\C4=C(C(=O)OC(c5ccccc5)c5ccccc5)N5C(=O)[C@@H](NC(=O)OC(C)(C)C)[C@H]5SC4)C3=O)cc2)C1.[Br-]. The molecule has 0 saturated carbocycles. The van der Waals surface area contributed by atoms with Crippen molar-refractivity contribution < 1.29 is 64.5 Å². The van der Waals surface area contributed by atoms with Crippen LogP contribution in [0.4, 0.5) is 9.59 Å². The molecule has 63 heavy (non-hydrogen) atoms. The second-order valence-electron chi connectivity index (χ2n) is 16.4. The zero-order valence-electron chi connectivity index (χ0n) is 35.4. The molecule has 17 heteroatoms. The first-order valence-electron chi connectivity index (χ1n) is 20.6. The number of rotatable bonds is 13. The number of carbonyl (C=O) groups excluding carboxylic acids is 6. The standard InChI is InChI=1S/C46H50N6O9S.BrH/c1-5-24-59-45(58)51-23-19-35(27-51)47-36(53)28-49-20-16-30(17-21-49)26-50-22-18-33(40(50)54)25-34-29-62-42-37(48-44(57)61-46(2,3)4)41(55)52(42)38(34)43(56)60-39(31-12-8-6-9-13-31)32-14-10-7-11-15-32;/h5-17,20-21,25,35,37,39,42H,1,18-19,22-24,26-29H2,2-4H3,(H-,47,48,53,57);1H/b33-25+;/t35?,37-,42-;/m1./s1. The number of esters is 1. The van der Waals surface area contributed by atoms with Gasteiger partial charge in [0.2, 0.25) is 12.5 Å². The molecule has 4 aliphatic heterocycles. The molecular formula is C46H51BrN6O9S. The van der Waals surface area contributed by atoms with Crippen LogP contribution in [0.2, 0.25) is 0 Å². The minimum Gasteiger partial charge on any atom is -1.00 e. The van der Waals surface area contributed by atoms with E-state index in [0.717, 1.165) is 16.7 Å². The van der Waals surface area contributed by atoms with Crippen LogP contribution in [0.25, 0.3) is 0 Å². The fourth-order valence-electron chi connectivity index (χ4n) is 7.71. The Balaban J connectivity index is 0.00000661. The van der Waals surface area contributed by atoms with E-state index in [-0.39, 0.29) is 59.4 Å². The van der Waals surface area contributed by atoms with Crippen LogP contribution in [0, 0.1) is 0 Å². The molecule has 2 aromatic carbocycles. The van der Waals surface area contributed by atoms with E-state index < -0.39 is 47.2 Å². The summed E-state index contributed by atoms with van der Waals surface area (Å²) in [5, 5.41) is 5.06. The highest BCUT2D eigenvalue weighted by atomic mass is 79.9. The lowest BCUT2D eigenvalue weighted by molar-refractivity contribution is -0.684. The number of alkyl carbamates (subject to hydrolysis) is 1. The Kier molecular flexibility index (Phi) is 15.1. The molecule has 5 amide bonds. The van der Waals surface area contributed by atoms with Crippen molar-refractivity contribution in [3.63, 3.8) is 0 Å². The number of amides is 5. The quantitative estimate of drug-likeness (QED) is 0.0642. The maximum absolute atomic E-state index is 14.5. The predicted molar refractivity (Wildman–Crippen MR) is 229 cm³/mol. The maximum atomic E-state index is 14.5. The Hall–Kier alpha value is -5.94. The van der Waals surface area contributed by atoms with E-state index >= 15 is 0 Å². The Bertz CT molecular complexity index is 2230. The molecule has 0 bridgehead atoms. The number of pyridine rings is 1. The average molecular weight is 944 g/mol. The fraction of sp³-hybridized carbons (Fsp3) is 0.370. The molecule has 0 spiro atoms. The van der Waals surface area contributed by atoms with Gasteiger partial charge >= 0.3 is 18.2 Å². The number of β-lactam (4-membered cyclic amide) rings is 1. The molecule has 15 nitrogen and oxygen atoms in total. The molecule has 2 N–H and O–H groups in total. The Morgan fingerprint density at radius 2 is 1.62 bits per heavy atom. The van der Waals surface area contributed by atoms with Crippen molar-refractivity contribution in [1.82, 2.24) is 25.3 Å². The van der Waals surface area contributed by atoms with E-state index in [2.05, 4.69) is 17.2 Å². The molecule has 3 fully saturated rings. The molecule has 332 valence electrons. The van der Waals surface area contributed by atoms with Gasteiger partial charge in [0.25, 0.3) is 11.8 Å². The Labute approximate surface area is 381 Å². The normalized spacial score (nSPS) is 20.2. The van der Waals surface area contributed by atoms with E-state index in [1.165, 1.54) is 22.7 Å². The first-order valence-corrected chi connectivity index (χ1v) is 21.6. The lowest BCUT2D eigenvalue weighted by Crippen LogP contribution is -3.00. The van der Waals surface area contributed by atoms with E-state index in [1.807, 2.05) is 72.8 Å². The summed E-state index contributed by atoms with van der Waals surface area (Å²) < 4.78 is 18.5. The molecule has 3 saturated heterocycles. The molecule has 0 aliphatic carbocycles. The van der Waals surface area contributed by atoms with Gasteiger partial charge in [0, 0.05) is 55.7 Å². The van der Waals surface area contributed by atoms with Gasteiger partial charge in [0.1, 0.15) is 29.3 Å². The van der Waals surface area contributed by atoms with Gasteiger partial charge < -0.3 is 51.6 Å². The topological polar surface area (TPSA) is 168 Å². The molecule has 3 atom stereocenters. The number of likely N-dealkylation sites (tertiary alicyclic amines) is 2. The maximum Gasteiger partial charge on any atom is 0.410 e. The highest BCUT2D eigenvalue weighted by Gasteiger charge is 2.55. The number of aromatic nitrogens is 1. The zero-order chi connectivity index (χ0) is 44.0. The molecule has 5 heterocycles. The highest BCUT2D eigenvalue weighted by molar-refractivity contribution is 8.00. The summed E-state index contributed by atoms with van der Waals surface area (Å²) in [4.78, 5) is 84.5. The average Bonchev–Trinajstić information content (AvgIpc) is 3.86. The lowest BCUT2D eigenvalue weighted by Gasteiger charge is -2.49. The largest absolute Gasteiger partial charge is 1.00 e. The summed E-state index contributed by atoms with van der Waals surface area (Å²) in [5.74, 6) is -1.33. The van der Waals surface area contributed by atoms with Gasteiger partial charge in [-0.15, -0.1) is 11.8 Å². The summed E-state index contributed by atoms with van der Waals surface area (Å²) >= 11 is 1.38. The lowest BCUT2D eigenvalue weighted by atomic mass is 10.00. The van der Waals surface area contributed by atoms with Crippen molar-refractivity contribution in [2.45, 2.75) is 75.9 Å². The number of nitrogens with one attached hydrogen (secondary N) is 2. The molecular weight excluding hydrogens is 893 g/mol. The van der Waals surface area contributed by atoms with E-state index in [1.54, 1.807) is 53.6 Å². The van der Waals surface area contributed by atoms with Crippen LogP contribution < -0.4 is 32.2 Å². The minimum atomic E-state index is -0.924. The number of hydrogen-bond acceptors (Lipinski definition) is 10. The number of benzene rings is 2. The van der Waals surface area contributed by atoms with E-state index in [9.17, 15) is 28.8 Å². The van der Waals surface area contributed by atoms with Crippen molar-refractivity contribution >= 4 is 47.6 Å². The molecule has 7 rings (SSSR count). The van der Waals surface area contributed by atoms with Gasteiger partial charge in [-0.2, -0.15) is 4.57 Å². The Morgan fingerprint density at radius 3 is 2.25 bits per heavy atom. The van der Waals surface area contributed by atoms with Crippen molar-refractivity contribution in [1.29, 1.82) is 0 Å². The molecule has 1 aromatic heterocycles. The number of halogens is 1. The van der Waals surface area contributed by atoms with Crippen LogP contribution in [0.1, 0.15) is 56.4 Å². The highest BCUT2D eigenvalue weighted by Crippen LogP contribution is 2.43. The third-order valence-corrected chi connectivity index (χ3v) is 12.0. The molecule has 3 aromatic rings. The van der Waals surface area contributed by atoms with Gasteiger partial charge in [-0.1, -0.05) is 73.3 Å². The van der Waals surface area contributed by atoms with Gasteiger partial charge in [-0.05, 0) is 62.0 Å². The first-order chi connectivity index (χ1) is 29.8. The van der Waals surface area contributed by atoms with Gasteiger partial charge in [0.15, 0.2) is 18.5 Å². The molecule has 0 radical (unpaired) electrons. The fourth-order valence-corrected chi connectivity index (χ4v) is 9.02.